The van der Waals surface area contributed by atoms with Crippen LogP contribution in [-0.4, -0.2) is 29.1 Å². The van der Waals surface area contributed by atoms with Crippen molar-refractivity contribution in [1.82, 2.24) is 5.32 Å². The minimum absolute atomic E-state index is 0.0975. The molecule has 2 N–H and O–H groups in total. The molecule has 0 bridgehead atoms. The number of carbonyl (C=O) groups is 1. The van der Waals surface area contributed by atoms with Crippen LogP contribution in [0.4, 0.5) is 8.78 Å². The van der Waals surface area contributed by atoms with Crippen LogP contribution < -0.4 is 5.32 Å². The molecule has 3 nitrogen and oxygen atoms in total. The van der Waals surface area contributed by atoms with Crippen LogP contribution in [0.2, 0.25) is 0 Å². The SMILES string of the molecule is CCC#CCC(F)(F)[C@H](O)/C=C/[C@H]1CCC(=O)N1. The fourth-order valence-corrected chi connectivity index (χ4v) is 1.57. The number of aliphatic hydroxyl groups is 1. The highest BCUT2D eigenvalue weighted by Crippen LogP contribution is 2.24. The van der Waals surface area contributed by atoms with Gasteiger partial charge < -0.3 is 10.4 Å². The Hall–Kier alpha value is -1.41. The van der Waals surface area contributed by atoms with E-state index in [4.69, 9.17) is 0 Å². The number of nitrogens with one attached hydrogen (secondary N) is 1. The summed E-state index contributed by atoms with van der Waals surface area (Å²) in [6, 6.07) is -0.260. The van der Waals surface area contributed by atoms with E-state index in [1.54, 1.807) is 6.92 Å². The maximum atomic E-state index is 13.4. The first kappa shape index (κ1) is 14.7. The second-order valence-corrected chi connectivity index (χ2v) is 4.19. The summed E-state index contributed by atoms with van der Waals surface area (Å²) >= 11 is 0. The zero-order valence-corrected chi connectivity index (χ0v) is 10.2. The summed E-state index contributed by atoms with van der Waals surface area (Å²) in [7, 11) is 0. The second kappa shape index (κ2) is 6.50. The van der Waals surface area contributed by atoms with Gasteiger partial charge in [0, 0.05) is 18.9 Å². The fraction of sp³-hybridized carbons (Fsp3) is 0.615. The zero-order valence-electron chi connectivity index (χ0n) is 10.2. The molecule has 0 aromatic rings. The van der Waals surface area contributed by atoms with Gasteiger partial charge in [0.25, 0.3) is 5.92 Å². The number of aliphatic hydroxyl groups excluding tert-OH is 1. The first-order valence-electron chi connectivity index (χ1n) is 5.95. The van der Waals surface area contributed by atoms with Crippen LogP contribution in [-0.2, 0) is 4.79 Å². The maximum absolute atomic E-state index is 13.4. The van der Waals surface area contributed by atoms with Crippen molar-refractivity contribution in [2.75, 3.05) is 0 Å². The predicted octanol–water partition coefficient (Wildman–Crippen LogP) is 1.62. The van der Waals surface area contributed by atoms with E-state index in [-0.39, 0.29) is 11.9 Å². The van der Waals surface area contributed by atoms with E-state index in [1.807, 2.05) is 0 Å². The zero-order chi connectivity index (χ0) is 13.6. The van der Waals surface area contributed by atoms with Gasteiger partial charge in [-0.3, -0.25) is 4.79 Å². The molecule has 0 aliphatic carbocycles. The summed E-state index contributed by atoms with van der Waals surface area (Å²) < 4.78 is 26.8. The third-order valence-corrected chi connectivity index (χ3v) is 2.61. The summed E-state index contributed by atoms with van der Waals surface area (Å²) in [6.45, 7) is 1.77. The number of carbonyl (C=O) groups excluding carboxylic acids is 1. The molecule has 1 aliphatic rings. The molecule has 0 saturated carbocycles. The summed E-state index contributed by atoms with van der Waals surface area (Å²) in [5.41, 5.74) is 0. The van der Waals surface area contributed by atoms with E-state index in [0.29, 0.717) is 19.3 Å². The van der Waals surface area contributed by atoms with Crippen LogP contribution in [0.3, 0.4) is 0 Å². The number of amides is 1. The van der Waals surface area contributed by atoms with Gasteiger partial charge in [-0.15, -0.1) is 5.92 Å². The highest BCUT2D eigenvalue weighted by molar-refractivity contribution is 5.78. The van der Waals surface area contributed by atoms with Gasteiger partial charge in [0.1, 0.15) is 6.10 Å². The largest absolute Gasteiger partial charge is 0.383 e. The van der Waals surface area contributed by atoms with Gasteiger partial charge >= 0.3 is 0 Å². The maximum Gasteiger partial charge on any atom is 0.287 e. The molecule has 0 aromatic carbocycles. The highest BCUT2D eigenvalue weighted by atomic mass is 19.3. The van der Waals surface area contributed by atoms with Crippen LogP contribution >= 0.6 is 0 Å². The first-order chi connectivity index (χ1) is 8.45. The Labute approximate surface area is 105 Å². The van der Waals surface area contributed by atoms with Crippen molar-refractivity contribution < 1.29 is 18.7 Å². The van der Waals surface area contributed by atoms with Gasteiger partial charge in [-0.2, -0.15) is 0 Å². The van der Waals surface area contributed by atoms with Gasteiger partial charge in [0.15, 0.2) is 0 Å². The molecular weight excluding hydrogens is 240 g/mol. The lowest BCUT2D eigenvalue weighted by Crippen LogP contribution is -2.32. The first-order valence-corrected chi connectivity index (χ1v) is 5.95. The summed E-state index contributed by atoms with van der Waals surface area (Å²) in [5.74, 6) is 1.51. The van der Waals surface area contributed by atoms with Crippen LogP contribution in [0.25, 0.3) is 0 Å². The molecule has 0 aromatic heterocycles. The van der Waals surface area contributed by atoms with E-state index < -0.39 is 18.4 Å². The number of hydrogen-bond acceptors (Lipinski definition) is 2. The number of alkyl halides is 2. The fourth-order valence-electron chi connectivity index (χ4n) is 1.57. The van der Waals surface area contributed by atoms with Crippen molar-refractivity contribution in [3.8, 4) is 11.8 Å². The molecule has 100 valence electrons. The Morgan fingerprint density at radius 3 is 2.89 bits per heavy atom. The van der Waals surface area contributed by atoms with Gasteiger partial charge in [0.2, 0.25) is 5.91 Å². The molecular formula is C13H17F2NO2. The van der Waals surface area contributed by atoms with Crippen LogP contribution in [0.1, 0.15) is 32.6 Å². The molecule has 18 heavy (non-hydrogen) atoms. The standard InChI is InChI=1S/C13H17F2NO2/c1-2-3-4-9-13(14,15)11(17)7-5-10-6-8-12(18)16-10/h5,7,10-11,17H,2,6,8-9H2,1H3,(H,16,18)/b7-5+/t10-,11+/m0/s1. The van der Waals surface area contributed by atoms with Gasteiger partial charge in [-0.05, 0) is 6.42 Å². The Bertz CT molecular complexity index is 382. The van der Waals surface area contributed by atoms with E-state index >= 15 is 0 Å². The molecule has 0 unspecified atom stereocenters. The second-order valence-electron chi connectivity index (χ2n) is 4.19. The van der Waals surface area contributed by atoms with Crippen LogP contribution in [0, 0.1) is 11.8 Å². The Kier molecular flexibility index (Phi) is 5.29. The third kappa shape index (κ3) is 4.46. The van der Waals surface area contributed by atoms with Crippen LogP contribution in [0.15, 0.2) is 12.2 Å². The monoisotopic (exact) mass is 257 g/mol. The van der Waals surface area contributed by atoms with Gasteiger partial charge in [-0.25, -0.2) is 8.78 Å². The lowest BCUT2D eigenvalue weighted by Gasteiger charge is -2.17. The smallest absolute Gasteiger partial charge is 0.287 e. The predicted molar refractivity (Wildman–Crippen MR) is 63.9 cm³/mol. The molecule has 1 heterocycles. The molecule has 1 rings (SSSR count). The van der Waals surface area contributed by atoms with Crippen molar-refractivity contribution in [2.24, 2.45) is 0 Å². The third-order valence-electron chi connectivity index (χ3n) is 2.61. The molecule has 2 atom stereocenters. The normalized spacial score (nSPS) is 21.6. The minimum atomic E-state index is -3.26. The number of rotatable bonds is 4. The molecule has 5 heteroatoms. The van der Waals surface area contributed by atoms with Crippen molar-refractivity contribution in [3.05, 3.63) is 12.2 Å². The van der Waals surface area contributed by atoms with E-state index in [0.717, 1.165) is 6.08 Å². The van der Waals surface area contributed by atoms with E-state index in [9.17, 15) is 18.7 Å². The van der Waals surface area contributed by atoms with E-state index in [1.165, 1.54) is 6.08 Å². The average Bonchev–Trinajstić information content (AvgIpc) is 2.72. The lowest BCUT2D eigenvalue weighted by atomic mass is 10.1. The number of hydrogen-bond donors (Lipinski definition) is 2. The van der Waals surface area contributed by atoms with Gasteiger partial charge in [0.05, 0.1) is 6.42 Å². The minimum Gasteiger partial charge on any atom is -0.383 e. The molecule has 1 aliphatic heterocycles. The molecule has 1 fully saturated rings. The summed E-state index contributed by atoms with van der Waals surface area (Å²) in [5, 5.41) is 12.0. The molecule has 0 spiro atoms. The summed E-state index contributed by atoms with van der Waals surface area (Å²) in [4.78, 5) is 10.9. The quantitative estimate of drug-likeness (QED) is 0.594. The lowest BCUT2D eigenvalue weighted by molar-refractivity contribution is -0.119. The summed E-state index contributed by atoms with van der Waals surface area (Å²) in [6.07, 6.45) is 1.38. The highest BCUT2D eigenvalue weighted by Gasteiger charge is 2.36. The Morgan fingerprint density at radius 2 is 2.33 bits per heavy atom. The van der Waals surface area contributed by atoms with Gasteiger partial charge in [-0.1, -0.05) is 25.0 Å². The topological polar surface area (TPSA) is 49.3 Å². The Morgan fingerprint density at radius 1 is 1.61 bits per heavy atom. The van der Waals surface area contributed by atoms with Crippen molar-refractivity contribution in [2.45, 2.75) is 50.7 Å². The molecule has 1 saturated heterocycles. The molecule has 1 amide bonds. The number of halogens is 2. The van der Waals surface area contributed by atoms with Crippen molar-refractivity contribution in [3.63, 3.8) is 0 Å². The van der Waals surface area contributed by atoms with E-state index in [2.05, 4.69) is 17.2 Å². The Balaban J connectivity index is 2.49. The average molecular weight is 257 g/mol. The molecule has 0 radical (unpaired) electrons. The van der Waals surface area contributed by atoms with Crippen molar-refractivity contribution in [1.29, 1.82) is 0 Å². The van der Waals surface area contributed by atoms with Crippen LogP contribution in [0.5, 0.6) is 0 Å². The van der Waals surface area contributed by atoms with Crippen molar-refractivity contribution >= 4 is 5.91 Å².